The van der Waals surface area contributed by atoms with E-state index in [-0.39, 0.29) is 5.88 Å². The highest BCUT2D eigenvalue weighted by atomic mass is 16.5. The largest absolute Gasteiger partial charge is 0.775 e. The first-order valence-electron chi connectivity index (χ1n) is 4.15. The van der Waals surface area contributed by atoms with Crippen LogP contribution in [-0.4, -0.2) is 31.6 Å². The normalized spacial score (nSPS) is 17.9. The summed E-state index contributed by atoms with van der Waals surface area (Å²) in [7, 11) is 0. The van der Waals surface area contributed by atoms with E-state index >= 15 is 0 Å². The third kappa shape index (κ3) is 1.79. The Morgan fingerprint density at radius 1 is 1.50 bits per heavy atom. The molecule has 0 spiro atoms. The summed E-state index contributed by atoms with van der Waals surface area (Å²) in [4.78, 5) is 1.49. The summed E-state index contributed by atoms with van der Waals surface area (Å²) in [6, 6.07) is 0. The van der Waals surface area contributed by atoms with Crippen LogP contribution in [-0.2, 0) is 4.74 Å². The standard InChI is InChI=1S/C6H9N5O3/c12-8-7-6-5-11(9-14-6)10-1-3-13-4-2-10/h5H,1-4H2. The summed E-state index contributed by atoms with van der Waals surface area (Å²) >= 11 is 0. The van der Waals surface area contributed by atoms with Crippen molar-refractivity contribution in [2.24, 2.45) is 10.4 Å². The third-order valence-corrected chi connectivity index (χ3v) is 1.86. The first-order chi connectivity index (χ1) is 6.90. The van der Waals surface area contributed by atoms with Gasteiger partial charge in [-0.25, -0.2) is 5.28 Å². The Morgan fingerprint density at radius 3 is 3.00 bits per heavy atom. The Hall–Kier alpha value is -1.70. The van der Waals surface area contributed by atoms with Crippen LogP contribution in [0.15, 0.2) is 21.1 Å². The predicted octanol–water partition coefficient (Wildman–Crippen LogP) is -0.488. The van der Waals surface area contributed by atoms with Crippen molar-refractivity contribution in [3.05, 3.63) is 11.4 Å². The molecule has 8 heteroatoms. The van der Waals surface area contributed by atoms with Crippen LogP contribution in [0.4, 0.5) is 5.88 Å². The molecule has 14 heavy (non-hydrogen) atoms. The van der Waals surface area contributed by atoms with E-state index in [1.807, 2.05) is 5.01 Å². The van der Waals surface area contributed by atoms with E-state index in [2.05, 4.69) is 15.7 Å². The Morgan fingerprint density at radius 2 is 2.29 bits per heavy atom. The first-order valence-corrected chi connectivity index (χ1v) is 4.15. The lowest BCUT2D eigenvalue weighted by atomic mass is 10.5. The monoisotopic (exact) mass is 199 g/mol. The molecule has 76 valence electrons. The predicted molar refractivity (Wildman–Crippen MR) is 43.4 cm³/mol. The molecule has 0 N–H and O–H groups in total. The van der Waals surface area contributed by atoms with Gasteiger partial charge < -0.3 is 9.94 Å². The van der Waals surface area contributed by atoms with Crippen molar-refractivity contribution in [1.82, 2.24) is 5.27 Å². The van der Waals surface area contributed by atoms with Crippen LogP contribution in [0.3, 0.4) is 0 Å². The Labute approximate surface area is 79.3 Å². The average Bonchev–Trinajstić information content (AvgIpc) is 2.68. The molecule has 0 aromatic carbocycles. The maximum absolute atomic E-state index is 9.81. The molecule has 0 amide bonds. The second kappa shape index (κ2) is 4.01. The SMILES string of the molecule is [O-]/N=N/c1c[n+](N2CCOCC2)no1. The zero-order chi connectivity index (χ0) is 9.80. The molecular weight excluding hydrogens is 190 g/mol. The topological polar surface area (TPSA) is 90.2 Å². The fraction of sp³-hybridized carbons (Fsp3) is 0.667. The molecular formula is C6H9N5O3. The molecule has 2 heterocycles. The van der Waals surface area contributed by atoms with Crippen LogP contribution in [0, 0.1) is 5.21 Å². The molecule has 0 unspecified atom stereocenters. The van der Waals surface area contributed by atoms with Crippen molar-refractivity contribution in [3.8, 4) is 0 Å². The van der Waals surface area contributed by atoms with Gasteiger partial charge in [-0.2, -0.15) is 0 Å². The molecule has 1 aliphatic heterocycles. The lowest BCUT2D eigenvalue weighted by molar-refractivity contribution is -0.759. The molecule has 1 saturated heterocycles. The van der Waals surface area contributed by atoms with E-state index in [1.54, 1.807) is 0 Å². The Bertz CT molecular complexity index is 319. The number of hydrogen-bond acceptors (Lipinski definition) is 7. The van der Waals surface area contributed by atoms with Crippen LogP contribution >= 0.6 is 0 Å². The fourth-order valence-corrected chi connectivity index (χ4v) is 1.21. The molecule has 2 rings (SSSR count). The highest BCUT2D eigenvalue weighted by molar-refractivity contribution is 5.09. The zero-order valence-corrected chi connectivity index (χ0v) is 7.37. The van der Waals surface area contributed by atoms with Crippen molar-refractivity contribution in [2.75, 3.05) is 31.3 Å². The summed E-state index contributed by atoms with van der Waals surface area (Å²) in [5, 5.41) is 20.9. The smallest absolute Gasteiger partial charge is 0.342 e. The quantitative estimate of drug-likeness (QED) is 0.364. The van der Waals surface area contributed by atoms with E-state index in [0.29, 0.717) is 13.2 Å². The highest BCUT2D eigenvalue weighted by Gasteiger charge is 2.22. The average molecular weight is 199 g/mol. The van der Waals surface area contributed by atoms with Crippen LogP contribution in [0.1, 0.15) is 0 Å². The minimum atomic E-state index is 0.0893. The van der Waals surface area contributed by atoms with Gasteiger partial charge in [-0.05, 0) is 0 Å². The van der Waals surface area contributed by atoms with E-state index in [9.17, 15) is 5.21 Å². The van der Waals surface area contributed by atoms with Crippen LogP contribution < -0.4 is 9.80 Å². The molecule has 1 aromatic heterocycles. The first kappa shape index (κ1) is 8.88. The van der Waals surface area contributed by atoms with Gasteiger partial charge in [0.25, 0.3) is 0 Å². The fourth-order valence-electron chi connectivity index (χ4n) is 1.21. The summed E-state index contributed by atoms with van der Waals surface area (Å²) in [6.07, 6.45) is 1.49. The van der Waals surface area contributed by atoms with Crippen molar-refractivity contribution in [1.29, 1.82) is 0 Å². The molecule has 0 bridgehead atoms. The number of nitrogens with zero attached hydrogens (tertiary/aromatic N) is 5. The van der Waals surface area contributed by atoms with Gasteiger partial charge in [0, 0.05) is 0 Å². The molecule has 0 saturated carbocycles. The number of ether oxygens (including phenoxy) is 1. The minimum absolute atomic E-state index is 0.0893. The van der Waals surface area contributed by atoms with Gasteiger partial charge in [0.2, 0.25) is 5.27 Å². The number of hydrogen-bond donors (Lipinski definition) is 0. The maximum atomic E-state index is 9.81. The molecule has 0 radical (unpaired) electrons. The molecule has 1 aliphatic rings. The Balaban J connectivity index is 2.07. The van der Waals surface area contributed by atoms with Gasteiger partial charge in [0.15, 0.2) is 0 Å². The lowest BCUT2D eigenvalue weighted by Crippen LogP contribution is -2.62. The van der Waals surface area contributed by atoms with E-state index in [4.69, 9.17) is 9.26 Å². The van der Waals surface area contributed by atoms with Crippen molar-refractivity contribution in [3.63, 3.8) is 0 Å². The molecule has 0 aliphatic carbocycles. The van der Waals surface area contributed by atoms with Gasteiger partial charge in [-0.1, -0.05) is 0 Å². The van der Waals surface area contributed by atoms with E-state index in [0.717, 1.165) is 13.1 Å². The summed E-state index contributed by atoms with van der Waals surface area (Å²) in [6.45, 7) is 2.76. The summed E-state index contributed by atoms with van der Waals surface area (Å²) in [5.74, 6) is 0.0893. The second-order valence-electron chi connectivity index (χ2n) is 2.71. The molecule has 1 aromatic rings. The van der Waals surface area contributed by atoms with Gasteiger partial charge >= 0.3 is 12.1 Å². The number of morpholine rings is 1. The van der Waals surface area contributed by atoms with Gasteiger partial charge in [-0.15, -0.1) is 10.1 Å². The van der Waals surface area contributed by atoms with Crippen molar-refractivity contribution >= 4 is 5.88 Å². The van der Waals surface area contributed by atoms with E-state index < -0.39 is 0 Å². The van der Waals surface area contributed by atoms with Crippen LogP contribution in [0.5, 0.6) is 0 Å². The molecule has 1 fully saturated rings. The summed E-state index contributed by atoms with van der Waals surface area (Å²) in [5.41, 5.74) is 0. The minimum Gasteiger partial charge on any atom is -0.775 e. The number of rotatable bonds is 2. The Kier molecular flexibility index (Phi) is 2.54. The zero-order valence-electron chi connectivity index (χ0n) is 7.37. The highest BCUT2D eigenvalue weighted by Crippen LogP contribution is 2.05. The molecule has 0 atom stereocenters. The summed E-state index contributed by atoms with van der Waals surface area (Å²) < 4.78 is 9.90. The molecule has 8 nitrogen and oxygen atoms in total. The van der Waals surface area contributed by atoms with Gasteiger partial charge in [0.1, 0.15) is 0 Å². The van der Waals surface area contributed by atoms with Crippen LogP contribution in [0.2, 0.25) is 0 Å². The van der Waals surface area contributed by atoms with Crippen molar-refractivity contribution < 1.29 is 14.1 Å². The maximum Gasteiger partial charge on any atom is 0.342 e. The van der Waals surface area contributed by atoms with Crippen LogP contribution in [0.25, 0.3) is 0 Å². The van der Waals surface area contributed by atoms with E-state index in [1.165, 1.54) is 11.0 Å². The number of aromatic nitrogens is 2. The second-order valence-corrected chi connectivity index (χ2v) is 2.71. The van der Waals surface area contributed by atoms with Crippen molar-refractivity contribution in [2.45, 2.75) is 0 Å². The lowest BCUT2D eigenvalue weighted by Gasteiger charge is -2.18. The van der Waals surface area contributed by atoms with Gasteiger partial charge in [-0.3, -0.25) is 4.52 Å². The van der Waals surface area contributed by atoms with Gasteiger partial charge in [0.05, 0.1) is 31.1 Å². The third-order valence-electron chi connectivity index (χ3n) is 1.86.